The van der Waals surface area contributed by atoms with E-state index in [-0.39, 0.29) is 18.0 Å². The molecule has 6 heteroatoms. The zero-order valence-corrected chi connectivity index (χ0v) is 11.9. The molecule has 1 aromatic heterocycles. The van der Waals surface area contributed by atoms with Crippen molar-refractivity contribution in [2.45, 2.75) is 46.2 Å². The van der Waals surface area contributed by atoms with Gasteiger partial charge in [0.15, 0.2) is 0 Å². The molecule has 18 heavy (non-hydrogen) atoms. The van der Waals surface area contributed by atoms with E-state index in [0.29, 0.717) is 17.4 Å². The van der Waals surface area contributed by atoms with Gasteiger partial charge >= 0.3 is 0 Å². The first-order valence-corrected chi connectivity index (χ1v) is 6.39. The van der Waals surface area contributed by atoms with E-state index in [1.807, 2.05) is 20.8 Å². The van der Waals surface area contributed by atoms with Crippen molar-refractivity contribution in [1.82, 2.24) is 15.3 Å². The van der Waals surface area contributed by atoms with Crippen LogP contribution in [0.2, 0.25) is 5.15 Å². The predicted molar refractivity (Wildman–Crippen MR) is 72.8 cm³/mol. The molecule has 0 aromatic carbocycles. The van der Waals surface area contributed by atoms with Crippen LogP contribution >= 0.6 is 11.6 Å². The van der Waals surface area contributed by atoms with Gasteiger partial charge in [0.2, 0.25) is 5.91 Å². The van der Waals surface area contributed by atoms with Gasteiger partial charge in [-0.25, -0.2) is 9.97 Å². The number of carbonyl (C=O) groups is 1. The fourth-order valence-electron chi connectivity index (χ4n) is 1.51. The average molecular weight is 271 g/mol. The second kappa shape index (κ2) is 6.54. The van der Waals surface area contributed by atoms with E-state index in [4.69, 9.17) is 11.6 Å². The molecule has 1 rings (SSSR count). The summed E-state index contributed by atoms with van der Waals surface area (Å²) < 4.78 is 0. The molecule has 1 atom stereocenters. The molecule has 5 nitrogen and oxygen atoms in total. The smallest absolute Gasteiger partial charge is 0.242 e. The molecule has 1 unspecified atom stereocenters. The Labute approximate surface area is 112 Å². The zero-order chi connectivity index (χ0) is 13.7. The van der Waals surface area contributed by atoms with E-state index in [2.05, 4.69) is 20.6 Å². The molecule has 0 spiro atoms. The molecule has 0 radical (unpaired) electrons. The molecule has 0 fully saturated rings. The monoisotopic (exact) mass is 270 g/mol. The number of rotatable bonds is 5. The third kappa shape index (κ3) is 3.84. The first-order valence-electron chi connectivity index (χ1n) is 6.02. The largest absolute Gasteiger partial charge is 0.358 e. The van der Waals surface area contributed by atoms with Crippen molar-refractivity contribution in [1.29, 1.82) is 0 Å². The molecule has 0 bridgehead atoms. The maximum Gasteiger partial charge on any atom is 0.242 e. The fourth-order valence-corrected chi connectivity index (χ4v) is 1.78. The number of nitrogens with zero attached hydrogens (tertiary/aromatic N) is 2. The molecule has 0 saturated heterocycles. The van der Waals surface area contributed by atoms with Crippen LogP contribution in [-0.4, -0.2) is 28.0 Å². The Morgan fingerprint density at radius 3 is 2.61 bits per heavy atom. The number of hydrogen-bond donors (Lipinski definition) is 2. The third-order valence-corrected chi connectivity index (χ3v) is 2.75. The molecule has 1 aromatic rings. The molecule has 1 amide bonds. The number of aromatic nitrogens is 2. The van der Waals surface area contributed by atoms with Crippen LogP contribution < -0.4 is 10.6 Å². The standard InChI is InChI=1S/C12H19ClN4O/c1-5-9-10(13)14-6-15-11(9)17-8(4)12(18)16-7(2)3/h6-8H,5H2,1-4H3,(H,16,18)(H,14,15,17). The highest BCUT2D eigenvalue weighted by Gasteiger charge is 2.16. The van der Waals surface area contributed by atoms with Crippen LogP contribution in [0, 0.1) is 0 Å². The second-order valence-electron chi connectivity index (χ2n) is 4.37. The SMILES string of the molecule is CCc1c(Cl)ncnc1NC(C)C(=O)NC(C)C. The highest BCUT2D eigenvalue weighted by molar-refractivity contribution is 6.30. The molecule has 0 aliphatic carbocycles. The van der Waals surface area contributed by atoms with Gasteiger partial charge in [-0.2, -0.15) is 0 Å². The average Bonchev–Trinajstić information content (AvgIpc) is 2.28. The van der Waals surface area contributed by atoms with Crippen molar-refractivity contribution >= 4 is 23.3 Å². The summed E-state index contributed by atoms with van der Waals surface area (Å²) in [4.78, 5) is 19.8. The molecule has 100 valence electrons. The summed E-state index contributed by atoms with van der Waals surface area (Å²) in [5.74, 6) is 0.547. The van der Waals surface area contributed by atoms with Gasteiger partial charge in [-0.15, -0.1) is 0 Å². The zero-order valence-electron chi connectivity index (χ0n) is 11.1. The van der Waals surface area contributed by atoms with Gasteiger partial charge in [-0.3, -0.25) is 4.79 Å². The summed E-state index contributed by atoms with van der Waals surface area (Å²) in [6.45, 7) is 7.59. The molecule has 0 aliphatic rings. The molecule has 0 aliphatic heterocycles. The van der Waals surface area contributed by atoms with Gasteiger partial charge in [0.25, 0.3) is 0 Å². The molecule has 1 heterocycles. The predicted octanol–water partition coefficient (Wildman–Crippen LogP) is 2.02. The summed E-state index contributed by atoms with van der Waals surface area (Å²) in [7, 11) is 0. The van der Waals surface area contributed by atoms with Gasteiger partial charge < -0.3 is 10.6 Å². The van der Waals surface area contributed by atoms with Gasteiger partial charge in [-0.1, -0.05) is 18.5 Å². The molecular weight excluding hydrogens is 252 g/mol. The summed E-state index contributed by atoms with van der Waals surface area (Å²) >= 11 is 5.99. The maximum absolute atomic E-state index is 11.8. The summed E-state index contributed by atoms with van der Waals surface area (Å²) in [6.07, 6.45) is 2.09. The van der Waals surface area contributed by atoms with Crippen LogP contribution in [0.5, 0.6) is 0 Å². The van der Waals surface area contributed by atoms with Crippen molar-refractivity contribution < 1.29 is 4.79 Å². The van der Waals surface area contributed by atoms with Crippen molar-refractivity contribution in [3.05, 3.63) is 17.0 Å². The third-order valence-electron chi connectivity index (χ3n) is 2.42. The Morgan fingerprint density at radius 1 is 1.39 bits per heavy atom. The van der Waals surface area contributed by atoms with E-state index in [0.717, 1.165) is 5.56 Å². The summed E-state index contributed by atoms with van der Waals surface area (Å²) in [5.41, 5.74) is 0.823. The number of hydrogen-bond acceptors (Lipinski definition) is 4. The van der Waals surface area contributed by atoms with E-state index < -0.39 is 0 Å². The quantitative estimate of drug-likeness (QED) is 0.804. The van der Waals surface area contributed by atoms with Crippen LogP contribution in [0.3, 0.4) is 0 Å². The summed E-state index contributed by atoms with van der Waals surface area (Å²) in [5, 5.41) is 6.32. The highest BCUT2D eigenvalue weighted by Crippen LogP contribution is 2.20. The lowest BCUT2D eigenvalue weighted by molar-refractivity contribution is -0.122. The minimum absolute atomic E-state index is 0.0678. The minimum Gasteiger partial charge on any atom is -0.358 e. The highest BCUT2D eigenvalue weighted by atomic mass is 35.5. The Hall–Kier alpha value is -1.36. The molecular formula is C12H19ClN4O. The Kier molecular flexibility index (Phi) is 5.34. The van der Waals surface area contributed by atoms with E-state index in [1.165, 1.54) is 6.33 Å². The number of carbonyl (C=O) groups excluding carboxylic acids is 1. The van der Waals surface area contributed by atoms with Crippen LogP contribution in [0.15, 0.2) is 6.33 Å². The Balaban J connectivity index is 2.78. The van der Waals surface area contributed by atoms with Gasteiger partial charge in [-0.05, 0) is 27.2 Å². The Morgan fingerprint density at radius 2 is 2.06 bits per heavy atom. The lowest BCUT2D eigenvalue weighted by atomic mass is 10.2. The van der Waals surface area contributed by atoms with Crippen molar-refractivity contribution in [3.8, 4) is 0 Å². The van der Waals surface area contributed by atoms with Crippen LogP contribution in [0.1, 0.15) is 33.3 Å². The van der Waals surface area contributed by atoms with Crippen LogP contribution in [-0.2, 0) is 11.2 Å². The van der Waals surface area contributed by atoms with Crippen LogP contribution in [0.4, 0.5) is 5.82 Å². The van der Waals surface area contributed by atoms with Crippen molar-refractivity contribution in [2.24, 2.45) is 0 Å². The molecule has 0 saturated carbocycles. The first kappa shape index (κ1) is 14.7. The number of anilines is 1. The van der Waals surface area contributed by atoms with E-state index >= 15 is 0 Å². The molecule has 2 N–H and O–H groups in total. The second-order valence-corrected chi connectivity index (χ2v) is 4.73. The maximum atomic E-state index is 11.8. The lowest BCUT2D eigenvalue weighted by Gasteiger charge is -2.18. The number of halogens is 1. The number of amides is 1. The van der Waals surface area contributed by atoms with Gasteiger partial charge in [0.1, 0.15) is 23.3 Å². The van der Waals surface area contributed by atoms with Gasteiger partial charge in [0.05, 0.1) is 0 Å². The lowest BCUT2D eigenvalue weighted by Crippen LogP contribution is -2.41. The van der Waals surface area contributed by atoms with Crippen LogP contribution in [0.25, 0.3) is 0 Å². The van der Waals surface area contributed by atoms with Crippen molar-refractivity contribution in [3.63, 3.8) is 0 Å². The van der Waals surface area contributed by atoms with E-state index in [9.17, 15) is 4.79 Å². The Bertz CT molecular complexity index is 423. The van der Waals surface area contributed by atoms with E-state index in [1.54, 1.807) is 6.92 Å². The first-order chi connectivity index (χ1) is 8.45. The normalized spacial score (nSPS) is 12.3. The summed E-state index contributed by atoms with van der Waals surface area (Å²) in [6, 6.07) is -0.259. The topological polar surface area (TPSA) is 66.9 Å². The van der Waals surface area contributed by atoms with Crippen molar-refractivity contribution in [2.75, 3.05) is 5.32 Å². The fraction of sp³-hybridized carbons (Fsp3) is 0.583. The minimum atomic E-state index is -0.372. The van der Waals surface area contributed by atoms with Gasteiger partial charge in [0, 0.05) is 11.6 Å². The number of nitrogens with one attached hydrogen (secondary N) is 2.